The van der Waals surface area contributed by atoms with E-state index in [1.165, 1.54) is 0 Å². The molecule has 0 saturated carbocycles. The Labute approximate surface area is 204 Å². The number of hydrogen-bond acceptors (Lipinski definition) is 5. The van der Waals surface area contributed by atoms with Gasteiger partial charge in [-0.1, -0.05) is 35.9 Å². The van der Waals surface area contributed by atoms with E-state index in [9.17, 15) is 9.90 Å². The van der Waals surface area contributed by atoms with E-state index < -0.39 is 0 Å². The van der Waals surface area contributed by atoms with Gasteiger partial charge < -0.3 is 20.6 Å². The second-order valence-corrected chi connectivity index (χ2v) is 9.39. The van der Waals surface area contributed by atoms with Crippen LogP contribution in [0.2, 0.25) is 5.02 Å². The number of halogens is 1. The summed E-state index contributed by atoms with van der Waals surface area (Å²) in [5, 5.41) is 11.7. The van der Waals surface area contributed by atoms with Crippen LogP contribution < -0.4 is 15.5 Å². The third kappa shape index (κ3) is 4.17. The first-order valence-corrected chi connectivity index (χ1v) is 11.9. The van der Waals surface area contributed by atoms with Gasteiger partial charge in [-0.25, -0.2) is 4.79 Å². The Kier molecular flexibility index (Phi) is 6.06. The molecular weight excluding hydrogens is 450 g/mol. The number of piperidine rings is 1. The van der Waals surface area contributed by atoms with Crippen LogP contribution in [0.1, 0.15) is 12.8 Å². The van der Waals surface area contributed by atoms with Crippen molar-refractivity contribution in [3.8, 4) is 28.0 Å². The van der Waals surface area contributed by atoms with Gasteiger partial charge in [0.1, 0.15) is 5.75 Å². The van der Waals surface area contributed by atoms with Gasteiger partial charge >= 0.3 is 6.03 Å². The highest BCUT2D eigenvalue weighted by molar-refractivity contribution is 6.34. The smallest absolute Gasteiger partial charge is 0.324 e. The number of aromatic nitrogens is 1. The first-order valence-electron chi connectivity index (χ1n) is 11.5. The number of rotatable bonds is 4. The number of urea groups is 1. The van der Waals surface area contributed by atoms with Crippen LogP contribution in [0.25, 0.3) is 22.3 Å². The molecule has 176 valence electrons. The molecule has 0 atom stereocenters. The van der Waals surface area contributed by atoms with Crippen molar-refractivity contribution in [2.45, 2.75) is 18.9 Å². The van der Waals surface area contributed by atoms with Gasteiger partial charge in [-0.3, -0.25) is 9.88 Å². The molecule has 3 heterocycles. The van der Waals surface area contributed by atoms with E-state index in [1.807, 2.05) is 36.5 Å². The molecule has 0 aliphatic carbocycles. The van der Waals surface area contributed by atoms with Crippen LogP contribution in [-0.4, -0.2) is 60.3 Å². The lowest BCUT2D eigenvalue weighted by atomic mass is 9.97. The predicted octanol–water partition coefficient (Wildman–Crippen LogP) is 4.57. The molecule has 0 unspecified atom stereocenters. The number of carbonyl (C=O) groups excluding carboxylic acids is 1. The lowest BCUT2D eigenvalue weighted by Gasteiger charge is -2.32. The summed E-state index contributed by atoms with van der Waals surface area (Å²) in [5.41, 5.74) is 10.8. The quantitative estimate of drug-likeness (QED) is 0.574. The number of carbonyl (C=O) groups is 1. The van der Waals surface area contributed by atoms with Crippen LogP contribution >= 0.6 is 11.6 Å². The average Bonchev–Trinajstić information content (AvgIpc) is 3.17. The number of likely N-dealkylation sites (N-methyl/N-ethyl adjacent to an activating group) is 1. The molecule has 1 aromatic heterocycles. The second-order valence-electron chi connectivity index (χ2n) is 8.98. The molecule has 34 heavy (non-hydrogen) atoms. The number of benzene rings is 2. The van der Waals surface area contributed by atoms with Crippen molar-refractivity contribution in [2.75, 3.05) is 43.0 Å². The Morgan fingerprint density at radius 3 is 2.41 bits per heavy atom. The summed E-state index contributed by atoms with van der Waals surface area (Å²) in [6.45, 7) is 3.06. The van der Waals surface area contributed by atoms with Gasteiger partial charge in [0.05, 0.1) is 22.6 Å². The zero-order valence-electron chi connectivity index (χ0n) is 19.1. The van der Waals surface area contributed by atoms with E-state index in [-0.39, 0.29) is 17.8 Å². The molecule has 2 saturated heterocycles. The van der Waals surface area contributed by atoms with Crippen molar-refractivity contribution in [2.24, 2.45) is 5.73 Å². The van der Waals surface area contributed by atoms with Crippen molar-refractivity contribution >= 4 is 29.0 Å². The highest BCUT2D eigenvalue weighted by atomic mass is 35.5. The third-order valence-electron chi connectivity index (χ3n) is 6.74. The molecule has 7 nitrogen and oxygen atoms in total. The number of phenolic OH excluding ortho intramolecular Hbond substituents is 1. The Bertz CT molecular complexity index is 1230. The zero-order chi connectivity index (χ0) is 23.8. The van der Waals surface area contributed by atoms with Crippen molar-refractivity contribution < 1.29 is 9.90 Å². The molecule has 2 aliphatic rings. The summed E-state index contributed by atoms with van der Waals surface area (Å²) in [6.07, 6.45) is 5.54. The van der Waals surface area contributed by atoms with Crippen molar-refractivity contribution in [1.29, 1.82) is 0 Å². The van der Waals surface area contributed by atoms with Crippen LogP contribution in [0.15, 0.2) is 54.9 Å². The number of nitrogens with two attached hydrogens (primary N) is 1. The Morgan fingerprint density at radius 2 is 1.74 bits per heavy atom. The molecule has 0 bridgehead atoms. The summed E-state index contributed by atoms with van der Waals surface area (Å²) in [4.78, 5) is 22.4. The number of phenols is 1. The fraction of sp³-hybridized carbons (Fsp3) is 0.308. The van der Waals surface area contributed by atoms with Gasteiger partial charge in [0.15, 0.2) is 0 Å². The van der Waals surface area contributed by atoms with Crippen LogP contribution in [0.5, 0.6) is 5.75 Å². The highest BCUT2D eigenvalue weighted by Gasteiger charge is 2.28. The average molecular weight is 478 g/mol. The van der Waals surface area contributed by atoms with Crippen LogP contribution in [0.4, 0.5) is 16.2 Å². The number of nitrogens with zero attached hydrogens (tertiary/aromatic N) is 4. The monoisotopic (exact) mass is 477 g/mol. The summed E-state index contributed by atoms with van der Waals surface area (Å²) in [5.74, 6) is 0.169. The first-order chi connectivity index (χ1) is 16.4. The summed E-state index contributed by atoms with van der Waals surface area (Å²) < 4.78 is 0. The molecular formula is C26H28ClN5O2. The lowest BCUT2D eigenvalue weighted by molar-refractivity contribution is 0.229. The van der Waals surface area contributed by atoms with E-state index in [4.69, 9.17) is 17.3 Å². The number of aromatic hydroxyl groups is 1. The predicted molar refractivity (Wildman–Crippen MR) is 137 cm³/mol. The van der Waals surface area contributed by atoms with Gasteiger partial charge in [-0.15, -0.1) is 0 Å². The maximum atomic E-state index is 12.4. The minimum Gasteiger partial charge on any atom is -0.507 e. The van der Waals surface area contributed by atoms with Gasteiger partial charge in [0.25, 0.3) is 0 Å². The molecule has 2 aromatic carbocycles. The molecule has 0 spiro atoms. The zero-order valence-corrected chi connectivity index (χ0v) is 19.9. The van der Waals surface area contributed by atoms with E-state index >= 15 is 0 Å². The highest BCUT2D eigenvalue weighted by Crippen LogP contribution is 2.41. The maximum Gasteiger partial charge on any atom is 0.324 e. The van der Waals surface area contributed by atoms with E-state index in [2.05, 4.69) is 16.0 Å². The summed E-state index contributed by atoms with van der Waals surface area (Å²) in [7, 11) is 1.78. The molecule has 5 rings (SSSR count). The Hall–Kier alpha value is -3.29. The molecule has 0 radical (unpaired) electrons. The lowest BCUT2D eigenvalue weighted by Crippen LogP contribution is -2.39. The summed E-state index contributed by atoms with van der Waals surface area (Å²) in [6, 6.07) is 13.4. The summed E-state index contributed by atoms with van der Waals surface area (Å²) >= 11 is 6.58. The van der Waals surface area contributed by atoms with Crippen molar-refractivity contribution in [3.05, 3.63) is 59.9 Å². The minimum absolute atomic E-state index is 0.0671. The third-order valence-corrected chi connectivity index (χ3v) is 7.04. The number of pyridine rings is 1. The molecule has 2 fully saturated rings. The van der Waals surface area contributed by atoms with Gasteiger partial charge in [0.2, 0.25) is 0 Å². The molecule has 3 N–H and O–H groups in total. The van der Waals surface area contributed by atoms with E-state index in [1.54, 1.807) is 29.1 Å². The SMILES string of the molecule is CN1CCN(c2ccc(-c3cccc(-c4cncc(N5CCC(N)CC5)c4)c3O)cc2Cl)C1=O. The fourth-order valence-corrected chi connectivity index (χ4v) is 4.96. The van der Waals surface area contributed by atoms with Gasteiger partial charge in [-0.05, 0) is 36.6 Å². The fourth-order valence-electron chi connectivity index (χ4n) is 4.68. The standard InChI is InChI=1S/C26H28ClN5O2/c1-30-11-12-32(26(30)34)24-6-5-17(14-23(24)27)21-3-2-4-22(25(21)33)18-13-20(16-29-15-18)31-9-7-19(28)8-10-31/h2-6,13-16,19,33H,7-12,28H2,1H3. The van der Waals surface area contributed by atoms with Crippen molar-refractivity contribution in [3.63, 3.8) is 0 Å². The second kappa shape index (κ2) is 9.16. The molecule has 8 heteroatoms. The van der Waals surface area contributed by atoms with Crippen LogP contribution in [-0.2, 0) is 0 Å². The number of hydrogen-bond donors (Lipinski definition) is 2. The topological polar surface area (TPSA) is 85.9 Å². The van der Waals surface area contributed by atoms with Gasteiger partial charge in [-0.2, -0.15) is 0 Å². The van der Waals surface area contributed by atoms with Gasteiger partial charge in [0, 0.05) is 62.2 Å². The first kappa shape index (κ1) is 22.5. The molecule has 2 aliphatic heterocycles. The minimum atomic E-state index is -0.0671. The largest absolute Gasteiger partial charge is 0.507 e. The Balaban J connectivity index is 1.45. The number of anilines is 2. The van der Waals surface area contributed by atoms with E-state index in [0.29, 0.717) is 34.9 Å². The molecule has 3 aromatic rings. The Morgan fingerprint density at radius 1 is 1.00 bits per heavy atom. The number of amides is 2. The number of para-hydroxylation sites is 1. The normalized spacial score (nSPS) is 17.0. The maximum absolute atomic E-state index is 12.4. The van der Waals surface area contributed by atoms with Crippen molar-refractivity contribution in [1.82, 2.24) is 9.88 Å². The van der Waals surface area contributed by atoms with Crippen LogP contribution in [0.3, 0.4) is 0 Å². The molecule has 2 amide bonds. The van der Waals surface area contributed by atoms with Crippen LogP contribution in [0, 0.1) is 0 Å². The van der Waals surface area contributed by atoms with E-state index in [0.717, 1.165) is 42.7 Å².